The van der Waals surface area contributed by atoms with Gasteiger partial charge in [0.2, 0.25) is 0 Å². The molecule has 0 radical (unpaired) electrons. The molecule has 0 aromatic rings. The molecule has 0 unspecified atom stereocenters. The maximum absolute atomic E-state index is 13.9. The lowest BCUT2D eigenvalue weighted by molar-refractivity contribution is -0.462. The molecule has 2 aliphatic rings. The number of ether oxygens (including phenoxy) is 1. The second-order valence-electron chi connectivity index (χ2n) is 5.89. The van der Waals surface area contributed by atoms with E-state index in [1.807, 2.05) is 0 Å². The fourth-order valence-electron chi connectivity index (χ4n) is 2.44. The Morgan fingerprint density at radius 3 is 0.517 bits per heavy atom. The van der Waals surface area contributed by atoms with Gasteiger partial charge < -0.3 is 0 Å². The molecule has 0 N–H and O–H groups in total. The highest BCUT2D eigenvalue weighted by molar-refractivity contribution is 5.28. The van der Waals surface area contributed by atoms with Crippen molar-refractivity contribution in [3.63, 3.8) is 0 Å². The summed E-state index contributed by atoms with van der Waals surface area (Å²) in [5.74, 6) is -78.2. The van der Waals surface area contributed by atoms with Crippen LogP contribution >= 0.6 is 0 Å². The van der Waals surface area contributed by atoms with Crippen LogP contribution in [0, 0.1) is 0 Å². The van der Waals surface area contributed by atoms with Gasteiger partial charge in [0.05, 0.1) is 0 Å². The summed E-state index contributed by atoms with van der Waals surface area (Å²) in [6.45, 7) is 0. The van der Waals surface area contributed by atoms with Gasteiger partial charge >= 0.3 is 59.1 Å². The van der Waals surface area contributed by atoms with Gasteiger partial charge in [-0.3, -0.25) is 4.74 Å². The number of rotatable bonds is 2. The van der Waals surface area contributed by atoms with Gasteiger partial charge in [-0.25, -0.2) is 0 Å². The average Bonchev–Trinajstić information content (AvgIpc) is 2.59. The number of hydrogen-bond donors (Lipinski definition) is 0. The smallest absolute Gasteiger partial charge is 0.288 e. The van der Waals surface area contributed by atoms with Gasteiger partial charge in [-0.15, -0.1) is 0 Å². The van der Waals surface area contributed by atoms with Crippen molar-refractivity contribution >= 4 is 0 Å². The lowest BCUT2D eigenvalue weighted by atomic mass is 10.1. The molecule has 29 heavy (non-hydrogen) atoms. The molecule has 0 aromatic heterocycles. The van der Waals surface area contributed by atoms with Crippen molar-refractivity contribution in [2.75, 3.05) is 0 Å². The minimum absolute atomic E-state index is 1.50. The van der Waals surface area contributed by atoms with Crippen molar-refractivity contribution in [1.82, 2.24) is 0 Å². The number of alkyl halides is 18. The highest BCUT2D eigenvalue weighted by Gasteiger charge is 3.07. The first-order valence-electron chi connectivity index (χ1n) is 6.31. The highest BCUT2D eigenvalue weighted by atomic mass is 19.4. The van der Waals surface area contributed by atoms with E-state index in [0.29, 0.717) is 0 Å². The predicted octanol–water partition coefficient (Wildman–Crippen LogP) is 5.44. The molecule has 0 saturated heterocycles. The minimum Gasteiger partial charge on any atom is -0.288 e. The molecule has 0 spiro atoms. The van der Waals surface area contributed by atoms with Gasteiger partial charge in [-0.2, -0.15) is 79.0 Å². The summed E-state index contributed by atoms with van der Waals surface area (Å²) in [4.78, 5) is 0. The molecule has 0 amide bonds. The molecule has 0 aliphatic heterocycles. The van der Waals surface area contributed by atoms with Gasteiger partial charge in [-0.1, -0.05) is 0 Å². The maximum atomic E-state index is 13.9. The fraction of sp³-hybridized carbons (Fsp3) is 1.00. The van der Waals surface area contributed by atoms with Crippen LogP contribution in [-0.2, 0) is 4.74 Å². The fourth-order valence-corrected chi connectivity index (χ4v) is 2.44. The summed E-state index contributed by atoms with van der Waals surface area (Å²) >= 11 is 0. The first-order valence-corrected chi connectivity index (χ1v) is 6.31. The molecule has 2 fully saturated rings. The Balaban J connectivity index is 2.84. The Hall–Kier alpha value is -1.30. The van der Waals surface area contributed by atoms with Gasteiger partial charge in [0.1, 0.15) is 0 Å². The standard InChI is InChI=1S/C10F18O/c11-1(12)2(13,14)6(21,22)9(27,5(1,19)20)29-10(28)7(23,24)3(15,16)4(17,18)8(10,25)26. The van der Waals surface area contributed by atoms with Crippen LogP contribution in [0.1, 0.15) is 0 Å². The van der Waals surface area contributed by atoms with E-state index in [2.05, 4.69) is 0 Å². The Bertz CT molecular complexity index is 608. The van der Waals surface area contributed by atoms with E-state index in [-0.39, 0.29) is 0 Å². The van der Waals surface area contributed by atoms with Crippen molar-refractivity contribution in [3.8, 4) is 0 Å². The Labute approximate surface area is 144 Å². The van der Waals surface area contributed by atoms with Gasteiger partial charge in [0.25, 0.3) is 0 Å². The number of halogens is 18. The molecule has 0 aromatic carbocycles. The molecular formula is C10F18O. The second kappa shape index (κ2) is 4.95. The maximum Gasteiger partial charge on any atom is 0.384 e. The molecule has 0 atom stereocenters. The first kappa shape index (κ1) is 24.0. The molecule has 0 bridgehead atoms. The SMILES string of the molecule is FC1(F)C(F)(F)C(F)(F)C(F)(OC2(F)C(F)(F)C(F)(F)C(F)(F)C2(F)F)C1(F)F. The summed E-state index contributed by atoms with van der Waals surface area (Å²) in [5, 5.41) is 0. The minimum atomic E-state index is -7.94. The second-order valence-corrected chi connectivity index (χ2v) is 5.89. The van der Waals surface area contributed by atoms with Crippen molar-refractivity contribution in [2.24, 2.45) is 0 Å². The third-order valence-corrected chi connectivity index (χ3v) is 4.26. The highest BCUT2D eigenvalue weighted by Crippen LogP contribution is 2.75. The molecule has 1 nitrogen and oxygen atoms in total. The zero-order valence-corrected chi connectivity index (χ0v) is 12.2. The van der Waals surface area contributed by atoms with Gasteiger partial charge in [0.15, 0.2) is 0 Å². The summed E-state index contributed by atoms with van der Waals surface area (Å²) in [7, 11) is 0. The molecule has 19 heteroatoms. The van der Waals surface area contributed by atoms with E-state index in [1.165, 1.54) is 4.74 Å². The Kier molecular flexibility index (Phi) is 4.09. The van der Waals surface area contributed by atoms with Crippen LogP contribution in [0.2, 0.25) is 0 Å². The molecule has 2 saturated carbocycles. The quantitative estimate of drug-likeness (QED) is 0.481. The van der Waals surface area contributed by atoms with E-state index >= 15 is 0 Å². The van der Waals surface area contributed by atoms with Crippen LogP contribution in [0.3, 0.4) is 0 Å². The average molecular weight is 478 g/mol. The topological polar surface area (TPSA) is 9.23 Å². The largest absolute Gasteiger partial charge is 0.384 e. The van der Waals surface area contributed by atoms with Gasteiger partial charge in [0, 0.05) is 0 Å². The Morgan fingerprint density at radius 2 is 0.379 bits per heavy atom. The summed E-state index contributed by atoms with van der Waals surface area (Å²) in [6, 6.07) is 0. The van der Waals surface area contributed by atoms with E-state index in [4.69, 9.17) is 0 Å². The van der Waals surface area contributed by atoms with E-state index < -0.39 is 59.1 Å². The van der Waals surface area contributed by atoms with Crippen LogP contribution < -0.4 is 0 Å². The van der Waals surface area contributed by atoms with E-state index in [9.17, 15) is 79.0 Å². The zero-order valence-electron chi connectivity index (χ0n) is 12.2. The van der Waals surface area contributed by atoms with Crippen molar-refractivity contribution in [3.05, 3.63) is 0 Å². The monoisotopic (exact) mass is 478 g/mol. The van der Waals surface area contributed by atoms with E-state index in [0.717, 1.165) is 0 Å². The molecule has 2 aliphatic carbocycles. The Morgan fingerprint density at radius 1 is 0.241 bits per heavy atom. The van der Waals surface area contributed by atoms with Crippen LogP contribution in [0.5, 0.6) is 0 Å². The molecule has 2 rings (SSSR count). The van der Waals surface area contributed by atoms with Crippen LogP contribution in [-0.4, -0.2) is 59.1 Å². The third kappa shape index (κ3) is 1.82. The summed E-state index contributed by atoms with van der Waals surface area (Å²) < 4.78 is 238. The molecular weight excluding hydrogens is 478 g/mol. The van der Waals surface area contributed by atoms with Crippen LogP contribution in [0.25, 0.3) is 0 Å². The van der Waals surface area contributed by atoms with Crippen LogP contribution in [0.15, 0.2) is 0 Å². The number of hydrogen-bond acceptors (Lipinski definition) is 1. The van der Waals surface area contributed by atoms with Gasteiger partial charge in [-0.05, 0) is 0 Å². The summed E-state index contributed by atoms with van der Waals surface area (Å²) in [5.41, 5.74) is 0. The summed E-state index contributed by atoms with van der Waals surface area (Å²) in [6.07, 6.45) is 0. The normalized spacial score (nSPS) is 35.4. The molecule has 0 heterocycles. The first-order chi connectivity index (χ1) is 12.2. The zero-order chi connectivity index (χ0) is 23.7. The van der Waals surface area contributed by atoms with Crippen LogP contribution in [0.4, 0.5) is 79.0 Å². The van der Waals surface area contributed by atoms with Crippen molar-refractivity contribution < 1.29 is 83.8 Å². The molecule has 172 valence electrons. The lowest BCUT2D eigenvalue weighted by Crippen LogP contribution is -2.67. The van der Waals surface area contributed by atoms with E-state index in [1.54, 1.807) is 0 Å². The van der Waals surface area contributed by atoms with Crippen molar-refractivity contribution in [2.45, 2.75) is 59.1 Å². The van der Waals surface area contributed by atoms with Crippen molar-refractivity contribution in [1.29, 1.82) is 0 Å². The predicted molar refractivity (Wildman–Crippen MR) is 48.3 cm³/mol. The lowest BCUT2D eigenvalue weighted by Gasteiger charge is -2.38. The third-order valence-electron chi connectivity index (χ3n) is 4.26.